The Labute approximate surface area is 160 Å². The van der Waals surface area contributed by atoms with Crippen molar-refractivity contribution in [3.05, 3.63) is 70.8 Å². The number of benzene rings is 2. The van der Waals surface area contributed by atoms with E-state index in [-0.39, 0.29) is 18.1 Å². The third-order valence-corrected chi connectivity index (χ3v) is 6.67. The van der Waals surface area contributed by atoms with Crippen LogP contribution in [0.25, 0.3) is 0 Å². The van der Waals surface area contributed by atoms with Crippen LogP contribution in [-0.2, 0) is 16.1 Å². The van der Waals surface area contributed by atoms with E-state index in [0.717, 1.165) is 19.5 Å². The molecule has 3 aliphatic heterocycles. The van der Waals surface area contributed by atoms with Crippen molar-refractivity contribution in [1.82, 2.24) is 9.80 Å². The number of hydrogen-bond acceptors (Lipinski definition) is 3. The normalized spacial score (nSPS) is 30.0. The predicted octanol–water partition coefficient (Wildman–Crippen LogP) is 3.58. The van der Waals surface area contributed by atoms with Gasteiger partial charge in [-0.1, -0.05) is 48.5 Å². The van der Waals surface area contributed by atoms with Crippen LogP contribution in [0.15, 0.2) is 48.5 Å². The van der Waals surface area contributed by atoms with Crippen molar-refractivity contribution in [2.45, 2.75) is 51.1 Å². The van der Waals surface area contributed by atoms with Crippen LogP contribution in [-0.4, -0.2) is 40.6 Å². The van der Waals surface area contributed by atoms with Gasteiger partial charge in [-0.3, -0.25) is 9.69 Å². The van der Waals surface area contributed by atoms with E-state index in [0.29, 0.717) is 13.0 Å². The van der Waals surface area contributed by atoms with E-state index in [9.17, 15) is 4.79 Å². The number of rotatable bonds is 3. The summed E-state index contributed by atoms with van der Waals surface area (Å²) >= 11 is 0. The predicted molar refractivity (Wildman–Crippen MR) is 104 cm³/mol. The minimum atomic E-state index is -0.433. The summed E-state index contributed by atoms with van der Waals surface area (Å²) in [6.07, 6.45) is 1.46. The molecule has 27 heavy (non-hydrogen) atoms. The van der Waals surface area contributed by atoms with Crippen molar-refractivity contribution in [1.29, 1.82) is 0 Å². The zero-order valence-electron chi connectivity index (χ0n) is 16.0. The van der Waals surface area contributed by atoms with Crippen LogP contribution in [0.2, 0.25) is 0 Å². The Morgan fingerprint density at radius 1 is 1.11 bits per heavy atom. The minimum Gasteiger partial charge on any atom is -0.344 e. The maximum atomic E-state index is 12.8. The fraction of sp³-hybridized carbons (Fsp3) is 0.435. The quantitative estimate of drug-likeness (QED) is 0.837. The van der Waals surface area contributed by atoms with Gasteiger partial charge in [0.1, 0.15) is 6.10 Å². The Balaban J connectivity index is 1.39. The van der Waals surface area contributed by atoms with Gasteiger partial charge in [0.05, 0.1) is 12.6 Å². The number of hydrogen-bond donors (Lipinski definition) is 0. The number of nitrogens with zero attached hydrogens (tertiary/aromatic N) is 2. The molecule has 2 aromatic carbocycles. The molecule has 3 aliphatic rings. The number of ether oxygens (including phenoxy) is 1. The van der Waals surface area contributed by atoms with E-state index < -0.39 is 5.72 Å². The smallest absolute Gasteiger partial charge is 0.226 e. The molecule has 1 amide bonds. The second kappa shape index (κ2) is 6.18. The molecule has 3 saturated heterocycles. The van der Waals surface area contributed by atoms with E-state index in [4.69, 9.17) is 4.74 Å². The zero-order valence-corrected chi connectivity index (χ0v) is 16.0. The summed E-state index contributed by atoms with van der Waals surface area (Å²) in [6, 6.07) is 17.1. The van der Waals surface area contributed by atoms with E-state index in [1.807, 2.05) is 23.1 Å². The first-order valence-electron chi connectivity index (χ1n) is 9.90. The third-order valence-electron chi connectivity index (χ3n) is 6.67. The van der Waals surface area contributed by atoms with Crippen LogP contribution in [0, 0.1) is 13.8 Å². The molecule has 3 heterocycles. The highest BCUT2D eigenvalue weighted by atomic mass is 16.5. The molecular formula is C23H26N2O2. The lowest BCUT2D eigenvalue weighted by atomic mass is 10.0. The molecule has 0 unspecified atom stereocenters. The summed E-state index contributed by atoms with van der Waals surface area (Å²) in [4.78, 5) is 17.2. The lowest BCUT2D eigenvalue weighted by molar-refractivity contribution is -0.138. The van der Waals surface area contributed by atoms with Gasteiger partial charge in [0.2, 0.25) is 5.91 Å². The molecule has 0 radical (unpaired) electrons. The van der Waals surface area contributed by atoms with Crippen molar-refractivity contribution < 1.29 is 9.53 Å². The fourth-order valence-electron chi connectivity index (χ4n) is 5.08. The highest BCUT2D eigenvalue weighted by Crippen LogP contribution is 2.50. The Morgan fingerprint density at radius 3 is 2.70 bits per heavy atom. The Hall–Kier alpha value is -2.17. The number of carbonyl (C=O) groups is 1. The monoisotopic (exact) mass is 362 g/mol. The van der Waals surface area contributed by atoms with Gasteiger partial charge >= 0.3 is 0 Å². The summed E-state index contributed by atoms with van der Waals surface area (Å²) in [5.41, 5.74) is 4.70. The molecule has 140 valence electrons. The van der Waals surface area contributed by atoms with Gasteiger partial charge < -0.3 is 9.64 Å². The Bertz CT molecular complexity index is 881. The van der Waals surface area contributed by atoms with Crippen molar-refractivity contribution in [3.63, 3.8) is 0 Å². The average molecular weight is 362 g/mol. The molecular weight excluding hydrogens is 336 g/mol. The molecule has 0 bridgehead atoms. The highest BCUT2D eigenvalue weighted by molar-refractivity contribution is 5.81. The maximum absolute atomic E-state index is 12.8. The highest BCUT2D eigenvalue weighted by Gasteiger charge is 2.63. The van der Waals surface area contributed by atoms with E-state index in [2.05, 4.69) is 49.1 Å². The van der Waals surface area contributed by atoms with E-state index >= 15 is 0 Å². The van der Waals surface area contributed by atoms with Crippen LogP contribution < -0.4 is 0 Å². The summed E-state index contributed by atoms with van der Waals surface area (Å²) in [5.74, 6) is 0.239. The van der Waals surface area contributed by atoms with Crippen LogP contribution in [0.3, 0.4) is 0 Å². The molecule has 0 saturated carbocycles. The molecule has 3 atom stereocenters. The number of amides is 1. The van der Waals surface area contributed by atoms with Gasteiger partial charge in [0.25, 0.3) is 0 Å². The topological polar surface area (TPSA) is 32.8 Å². The Kier molecular flexibility index (Phi) is 3.88. The summed E-state index contributed by atoms with van der Waals surface area (Å²) in [6.45, 7) is 6.84. The van der Waals surface area contributed by atoms with Crippen molar-refractivity contribution >= 4 is 5.91 Å². The number of aryl methyl sites for hydroxylation is 2. The van der Waals surface area contributed by atoms with Gasteiger partial charge in [-0.05, 0) is 36.1 Å². The summed E-state index contributed by atoms with van der Waals surface area (Å²) in [5, 5.41) is 0. The standard InChI is InChI=1S/C23H26N2O2/c1-16-8-9-18(12-17(16)2)14-24-11-10-23-21(24)13-22(26)25(23)15-20(27-23)19-6-4-3-5-7-19/h3-9,12,20-21H,10-11,13-15H2,1-2H3/t20-,21-,23+/m1/s1. The van der Waals surface area contributed by atoms with Crippen LogP contribution in [0.4, 0.5) is 0 Å². The first-order valence-corrected chi connectivity index (χ1v) is 9.90. The first kappa shape index (κ1) is 17.0. The molecule has 0 aliphatic carbocycles. The molecule has 4 heteroatoms. The SMILES string of the molecule is Cc1ccc(CN2CC[C@@]34O[C@@H](c5ccccc5)CN3C(=O)C[C@@H]24)cc1C. The zero-order chi connectivity index (χ0) is 18.6. The van der Waals surface area contributed by atoms with Crippen LogP contribution >= 0.6 is 0 Å². The van der Waals surface area contributed by atoms with Crippen LogP contribution in [0.1, 0.15) is 41.2 Å². The second-order valence-corrected chi connectivity index (χ2v) is 8.23. The third kappa shape index (κ3) is 2.62. The van der Waals surface area contributed by atoms with E-state index in [1.54, 1.807) is 0 Å². The van der Waals surface area contributed by atoms with Gasteiger partial charge in [-0.25, -0.2) is 0 Å². The summed E-state index contributed by atoms with van der Waals surface area (Å²) < 4.78 is 6.63. The first-order chi connectivity index (χ1) is 13.1. The molecule has 3 fully saturated rings. The molecule has 0 N–H and O–H groups in total. The molecule has 4 nitrogen and oxygen atoms in total. The molecule has 5 rings (SSSR count). The molecule has 0 aromatic heterocycles. The number of carbonyl (C=O) groups excluding carboxylic acids is 1. The summed E-state index contributed by atoms with van der Waals surface area (Å²) in [7, 11) is 0. The van der Waals surface area contributed by atoms with Crippen molar-refractivity contribution in [2.75, 3.05) is 13.1 Å². The van der Waals surface area contributed by atoms with E-state index in [1.165, 1.54) is 22.3 Å². The largest absolute Gasteiger partial charge is 0.344 e. The van der Waals surface area contributed by atoms with Crippen LogP contribution in [0.5, 0.6) is 0 Å². The fourth-order valence-corrected chi connectivity index (χ4v) is 5.08. The van der Waals surface area contributed by atoms with Crippen molar-refractivity contribution in [3.8, 4) is 0 Å². The average Bonchev–Trinajstić information content (AvgIpc) is 3.29. The van der Waals surface area contributed by atoms with Gasteiger partial charge in [0, 0.05) is 25.9 Å². The van der Waals surface area contributed by atoms with Gasteiger partial charge in [-0.2, -0.15) is 0 Å². The lowest BCUT2D eigenvalue weighted by Crippen LogP contribution is -2.47. The minimum absolute atomic E-state index is 0.0143. The maximum Gasteiger partial charge on any atom is 0.226 e. The number of likely N-dealkylation sites (tertiary alicyclic amines) is 1. The molecule has 2 aromatic rings. The Morgan fingerprint density at radius 2 is 1.93 bits per heavy atom. The second-order valence-electron chi connectivity index (χ2n) is 8.23. The molecule has 1 spiro atoms. The van der Waals surface area contributed by atoms with Gasteiger partial charge in [0.15, 0.2) is 5.72 Å². The lowest BCUT2D eigenvalue weighted by Gasteiger charge is -2.32. The van der Waals surface area contributed by atoms with Crippen molar-refractivity contribution in [2.24, 2.45) is 0 Å². The van der Waals surface area contributed by atoms with Gasteiger partial charge in [-0.15, -0.1) is 0 Å².